The smallest absolute Gasteiger partial charge is 0.350 e. The average molecular weight is 326 g/mol. The number of alkyl halides is 1. The first kappa shape index (κ1) is 11.5. The number of aromatic hydroxyl groups is 1. The van der Waals surface area contributed by atoms with E-state index in [1.54, 1.807) is 0 Å². The second kappa shape index (κ2) is 4.27. The summed E-state index contributed by atoms with van der Waals surface area (Å²) in [6.07, 6.45) is 0. The Hall–Kier alpha value is -0.620. The second-order valence-corrected chi connectivity index (χ2v) is 3.89. The van der Waals surface area contributed by atoms with Gasteiger partial charge in [0, 0.05) is 0 Å². The van der Waals surface area contributed by atoms with Crippen LogP contribution in [0.4, 0.5) is 0 Å². The molecule has 0 aliphatic rings. The molecule has 0 aliphatic carbocycles. The Morgan fingerprint density at radius 2 is 2.14 bits per heavy atom. The van der Waals surface area contributed by atoms with Gasteiger partial charge in [0.25, 0.3) is 0 Å². The molecule has 1 heterocycles. The second-order valence-electron chi connectivity index (χ2n) is 2.54. The van der Waals surface area contributed by atoms with E-state index in [1.165, 1.54) is 6.92 Å². The standard InChI is InChI=1S/C8H6Br2O4/c1-3-6(10)7(12)5(4(11)2-9)8(13)14-3/h12H,2H2,1H3. The Morgan fingerprint density at radius 3 is 2.64 bits per heavy atom. The number of rotatable bonds is 2. The van der Waals surface area contributed by atoms with Crippen LogP contribution in [-0.2, 0) is 0 Å². The Labute approximate surface area is 96.2 Å². The SMILES string of the molecule is Cc1oc(=O)c(C(=O)CBr)c(O)c1Br. The van der Waals surface area contributed by atoms with Gasteiger partial charge in [-0.05, 0) is 22.9 Å². The maximum absolute atomic E-state index is 11.2. The molecule has 0 amide bonds. The monoisotopic (exact) mass is 324 g/mol. The topological polar surface area (TPSA) is 67.5 Å². The zero-order valence-corrected chi connectivity index (χ0v) is 10.3. The van der Waals surface area contributed by atoms with E-state index in [4.69, 9.17) is 4.42 Å². The highest BCUT2D eigenvalue weighted by Gasteiger charge is 2.20. The average Bonchev–Trinajstić information content (AvgIpc) is 2.14. The molecule has 1 rings (SSSR count). The summed E-state index contributed by atoms with van der Waals surface area (Å²) in [5, 5.41) is 9.47. The first-order chi connectivity index (χ1) is 6.49. The third-order valence-electron chi connectivity index (χ3n) is 1.60. The molecule has 0 saturated carbocycles. The van der Waals surface area contributed by atoms with Crippen molar-refractivity contribution < 1.29 is 14.3 Å². The lowest BCUT2D eigenvalue weighted by molar-refractivity contribution is 0.101. The van der Waals surface area contributed by atoms with E-state index in [9.17, 15) is 14.7 Å². The Balaban J connectivity index is 3.52. The normalized spacial score (nSPS) is 10.2. The third kappa shape index (κ3) is 1.90. The van der Waals surface area contributed by atoms with E-state index in [-0.39, 0.29) is 26.9 Å². The number of ketones is 1. The van der Waals surface area contributed by atoms with Crippen molar-refractivity contribution in [1.82, 2.24) is 0 Å². The van der Waals surface area contributed by atoms with Crippen LogP contribution >= 0.6 is 31.9 Å². The summed E-state index contributed by atoms with van der Waals surface area (Å²) in [4.78, 5) is 22.5. The Bertz CT molecular complexity index is 436. The molecule has 1 aromatic rings. The van der Waals surface area contributed by atoms with E-state index in [2.05, 4.69) is 31.9 Å². The minimum atomic E-state index is -0.826. The molecule has 1 aromatic heterocycles. The molecule has 0 unspecified atom stereocenters. The lowest BCUT2D eigenvalue weighted by atomic mass is 10.2. The van der Waals surface area contributed by atoms with Gasteiger partial charge in [0.05, 0.1) is 9.80 Å². The van der Waals surface area contributed by atoms with Gasteiger partial charge in [-0.3, -0.25) is 4.79 Å². The molecule has 0 bridgehead atoms. The molecule has 1 N–H and O–H groups in total. The molecule has 4 nitrogen and oxygen atoms in total. The maximum atomic E-state index is 11.2. The van der Waals surface area contributed by atoms with Gasteiger partial charge in [0.1, 0.15) is 11.3 Å². The quantitative estimate of drug-likeness (QED) is 0.667. The van der Waals surface area contributed by atoms with Gasteiger partial charge in [-0.25, -0.2) is 4.79 Å². The summed E-state index contributed by atoms with van der Waals surface area (Å²) in [5.41, 5.74) is -1.16. The third-order valence-corrected chi connectivity index (χ3v) is 3.05. The van der Waals surface area contributed by atoms with Gasteiger partial charge in [-0.15, -0.1) is 0 Å². The van der Waals surface area contributed by atoms with Gasteiger partial charge in [0.15, 0.2) is 11.5 Å². The number of hydrogen-bond acceptors (Lipinski definition) is 4. The fraction of sp³-hybridized carbons (Fsp3) is 0.250. The lowest BCUT2D eigenvalue weighted by Crippen LogP contribution is -2.16. The van der Waals surface area contributed by atoms with Crippen molar-refractivity contribution in [3.8, 4) is 5.75 Å². The van der Waals surface area contributed by atoms with Crippen LogP contribution < -0.4 is 5.63 Å². The van der Waals surface area contributed by atoms with Gasteiger partial charge < -0.3 is 9.52 Å². The first-order valence-corrected chi connectivity index (χ1v) is 5.51. The summed E-state index contributed by atoms with van der Waals surface area (Å²) < 4.78 is 4.96. The largest absolute Gasteiger partial charge is 0.506 e. The molecule has 6 heteroatoms. The predicted octanol–water partition coefficient (Wildman–Crippen LogP) is 1.99. The first-order valence-electron chi connectivity index (χ1n) is 3.60. The minimum Gasteiger partial charge on any atom is -0.506 e. The van der Waals surface area contributed by atoms with Crippen molar-refractivity contribution in [2.75, 3.05) is 5.33 Å². The summed E-state index contributed by atoms with van der Waals surface area (Å²) >= 11 is 5.92. The molecule has 0 radical (unpaired) electrons. The highest BCUT2D eigenvalue weighted by atomic mass is 79.9. The number of hydrogen-bond donors (Lipinski definition) is 1. The van der Waals surface area contributed by atoms with Gasteiger partial charge in [-0.1, -0.05) is 15.9 Å². The number of halogens is 2. The molecular weight excluding hydrogens is 320 g/mol. The van der Waals surface area contributed by atoms with Crippen LogP contribution in [0.15, 0.2) is 13.7 Å². The van der Waals surface area contributed by atoms with Crippen LogP contribution in [0.2, 0.25) is 0 Å². The Morgan fingerprint density at radius 1 is 1.57 bits per heavy atom. The number of carbonyl (C=O) groups excluding carboxylic acids is 1. The van der Waals surface area contributed by atoms with Crippen LogP contribution in [-0.4, -0.2) is 16.2 Å². The number of Topliss-reactive ketones (excluding diaryl/α,β-unsaturated/α-hetero) is 1. The van der Waals surface area contributed by atoms with Crippen molar-refractivity contribution >= 4 is 37.6 Å². The van der Waals surface area contributed by atoms with Gasteiger partial charge in [-0.2, -0.15) is 0 Å². The molecule has 0 aromatic carbocycles. The van der Waals surface area contributed by atoms with Crippen LogP contribution in [0.1, 0.15) is 16.1 Å². The van der Waals surface area contributed by atoms with Gasteiger partial charge >= 0.3 is 5.63 Å². The zero-order valence-electron chi connectivity index (χ0n) is 7.13. The minimum absolute atomic E-state index is 0.0409. The summed E-state index contributed by atoms with van der Waals surface area (Å²) in [7, 11) is 0. The molecule has 14 heavy (non-hydrogen) atoms. The van der Waals surface area contributed by atoms with Gasteiger partial charge in [0.2, 0.25) is 0 Å². The van der Waals surface area contributed by atoms with E-state index in [1.807, 2.05) is 0 Å². The fourth-order valence-electron chi connectivity index (χ4n) is 0.921. The Kier molecular flexibility index (Phi) is 3.49. The van der Waals surface area contributed by atoms with Crippen molar-refractivity contribution in [3.05, 3.63) is 26.2 Å². The van der Waals surface area contributed by atoms with Crippen LogP contribution in [0.25, 0.3) is 0 Å². The predicted molar refractivity (Wildman–Crippen MR) is 57.2 cm³/mol. The highest BCUT2D eigenvalue weighted by molar-refractivity contribution is 9.10. The molecule has 0 saturated heterocycles. The fourth-order valence-corrected chi connectivity index (χ4v) is 1.48. The number of aryl methyl sites for hydroxylation is 1. The van der Waals surface area contributed by atoms with Crippen LogP contribution in [0, 0.1) is 6.92 Å². The maximum Gasteiger partial charge on any atom is 0.350 e. The summed E-state index contributed by atoms with van der Waals surface area (Å²) in [6, 6.07) is 0. The van der Waals surface area contributed by atoms with E-state index in [0.29, 0.717) is 0 Å². The van der Waals surface area contributed by atoms with E-state index in [0.717, 1.165) is 0 Å². The van der Waals surface area contributed by atoms with E-state index < -0.39 is 11.4 Å². The highest BCUT2D eigenvalue weighted by Crippen LogP contribution is 2.28. The van der Waals surface area contributed by atoms with Crippen molar-refractivity contribution in [3.63, 3.8) is 0 Å². The molecule has 0 aliphatic heterocycles. The molecule has 0 atom stereocenters. The van der Waals surface area contributed by atoms with Crippen molar-refractivity contribution in [2.24, 2.45) is 0 Å². The molecule has 0 fully saturated rings. The van der Waals surface area contributed by atoms with Crippen molar-refractivity contribution in [2.45, 2.75) is 6.92 Å². The molecular formula is C8H6Br2O4. The van der Waals surface area contributed by atoms with Crippen LogP contribution in [0.5, 0.6) is 5.75 Å². The van der Waals surface area contributed by atoms with Crippen LogP contribution in [0.3, 0.4) is 0 Å². The zero-order chi connectivity index (χ0) is 10.9. The summed E-state index contributed by atoms with van der Waals surface area (Å²) in [6.45, 7) is 1.51. The summed E-state index contributed by atoms with van der Waals surface area (Å²) in [5.74, 6) is -0.654. The molecule has 0 spiro atoms. The molecule has 76 valence electrons. The number of carbonyl (C=O) groups is 1. The van der Waals surface area contributed by atoms with E-state index >= 15 is 0 Å². The lowest BCUT2D eigenvalue weighted by Gasteiger charge is -2.03. The van der Waals surface area contributed by atoms with Crippen molar-refractivity contribution in [1.29, 1.82) is 0 Å².